The first-order valence-corrected chi connectivity index (χ1v) is 29.0. The van der Waals surface area contributed by atoms with Gasteiger partial charge >= 0.3 is 25.7 Å². The van der Waals surface area contributed by atoms with Gasteiger partial charge in [0.05, 0.1) is 19.8 Å². The predicted molar refractivity (Wildman–Crippen MR) is 288 cm³/mol. The van der Waals surface area contributed by atoms with Crippen LogP contribution < -0.4 is 0 Å². The molecule has 70 heavy (non-hydrogen) atoms. The fourth-order valence-electron chi connectivity index (χ4n) is 7.13. The summed E-state index contributed by atoms with van der Waals surface area (Å²) in [4.78, 5) is 48.4. The van der Waals surface area contributed by atoms with Crippen LogP contribution in [0.1, 0.15) is 226 Å². The molecule has 12 heteroatoms. The van der Waals surface area contributed by atoms with Crippen molar-refractivity contribution < 1.29 is 52.2 Å². The number of phosphoric acid groups is 1. The van der Waals surface area contributed by atoms with Crippen molar-refractivity contribution in [1.82, 2.24) is 0 Å². The van der Waals surface area contributed by atoms with Crippen LogP contribution in [-0.2, 0) is 42.2 Å². The zero-order valence-electron chi connectivity index (χ0n) is 44.2. The van der Waals surface area contributed by atoms with E-state index in [1.807, 2.05) is 0 Å². The molecule has 0 heterocycles. The Morgan fingerprint density at radius 1 is 0.414 bits per heavy atom. The van der Waals surface area contributed by atoms with Gasteiger partial charge in [-0.1, -0.05) is 189 Å². The summed E-state index contributed by atoms with van der Waals surface area (Å²) in [6.07, 6.45) is 58.3. The summed E-state index contributed by atoms with van der Waals surface area (Å²) in [7, 11) is -4.76. The van der Waals surface area contributed by atoms with Crippen LogP contribution in [0.2, 0.25) is 0 Å². The number of unbranched alkanes of at least 4 members (excludes halogenated alkanes) is 19. The largest absolute Gasteiger partial charge is 0.472 e. The Kier molecular flexibility index (Phi) is 49.5. The summed E-state index contributed by atoms with van der Waals surface area (Å²) in [5, 5.41) is 9.79. The highest BCUT2D eigenvalue weighted by Gasteiger charge is 2.28. The Balaban J connectivity index is 4.74. The highest BCUT2D eigenvalue weighted by Crippen LogP contribution is 2.43. The summed E-state index contributed by atoms with van der Waals surface area (Å²) >= 11 is 0. The molecule has 0 saturated carbocycles. The van der Waals surface area contributed by atoms with Crippen LogP contribution in [0.25, 0.3) is 0 Å². The average Bonchev–Trinajstić information content (AvgIpc) is 3.35. The third-order valence-corrected chi connectivity index (χ3v) is 12.2. The quantitative estimate of drug-likeness (QED) is 0.0197. The lowest BCUT2D eigenvalue weighted by Crippen LogP contribution is -2.30. The normalized spacial score (nSPS) is 14.1. The molecule has 0 aromatic heterocycles. The van der Waals surface area contributed by atoms with Crippen LogP contribution in [0.4, 0.5) is 0 Å². The number of phosphoric ester groups is 1. The summed E-state index contributed by atoms with van der Waals surface area (Å²) in [5.41, 5.74) is 0. The monoisotopic (exact) mass is 1000 g/mol. The lowest BCUT2D eigenvalue weighted by Gasteiger charge is -2.21. The van der Waals surface area contributed by atoms with Gasteiger partial charge in [-0.3, -0.25) is 23.4 Å². The van der Waals surface area contributed by atoms with Crippen LogP contribution in [0.5, 0.6) is 0 Å². The second kappa shape index (κ2) is 52.0. The first kappa shape index (κ1) is 66.7. The van der Waals surface area contributed by atoms with Crippen molar-refractivity contribution in [1.29, 1.82) is 0 Å². The van der Waals surface area contributed by atoms with Gasteiger partial charge in [-0.05, 0) is 103 Å². The van der Waals surface area contributed by atoms with Crippen molar-refractivity contribution in [3.05, 3.63) is 85.1 Å². The van der Waals surface area contributed by atoms with Gasteiger partial charge in [-0.15, -0.1) is 0 Å². The molecule has 0 aromatic rings. The molecule has 0 saturated heterocycles. The van der Waals surface area contributed by atoms with E-state index < -0.39 is 57.8 Å². The van der Waals surface area contributed by atoms with Crippen molar-refractivity contribution in [2.75, 3.05) is 26.4 Å². The minimum atomic E-state index is -4.76. The number of esters is 3. The average molecular weight is 1000 g/mol. The molecule has 2 N–H and O–H groups in total. The highest BCUT2D eigenvalue weighted by molar-refractivity contribution is 7.47. The van der Waals surface area contributed by atoms with E-state index in [2.05, 4.69) is 106 Å². The fourth-order valence-corrected chi connectivity index (χ4v) is 7.91. The second-order valence-electron chi connectivity index (χ2n) is 18.0. The molecule has 0 spiro atoms. The number of hydrogen-bond acceptors (Lipinski definition) is 10. The number of aliphatic hydroxyl groups is 1. The first-order valence-electron chi connectivity index (χ1n) is 27.5. The number of ether oxygens (including phenoxy) is 3. The molecule has 402 valence electrons. The van der Waals surface area contributed by atoms with Gasteiger partial charge in [0.1, 0.15) is 12.7 Å². The minimum absolute atomic E-state index is 0.150. The topological polar surface area (TPSA) is 155 Å². The zero-order valence-corrected chi connectivity index (χ0v) is 45.1. The first-order chi connectivity index (χ1) is 34.2. The Morgan fingerprint density at radius 3 is 1.16 bits per heavy atom. The smallest absolute Gasteiger partial charge is 0.462 e. The van der Waals surface area contributed by atoms with Crippen molar-refractivity contribution in [3.8, 4) is 0 Å². The Morgan fingerprint density at radius 2 is 0.743 bits per heavy atom. The van der Waals surface area contributed by atoms with Gasteiger partial charge in [-0.25, -0.2) is 4.57 Å². The van der Waals surface area contributed by atoms with Crippen LogP contribution in [0.15, 0.2) is 85.1 Å². The van der Waals surface area contributed by atoms with Crippen molar-refractivity contribution in [2.24, 2.45) is 0 Å². The predicted octanol–water partition coefficient (Wildman–Crippen LogP) is 15.9. The minimum Gasteiger partial charge on any atom is -0.462 e. The van der Waals surface area contributed by atoms with Crippen LogP contribution in [0, 0.1) is 0 Å². The van der Waals surface area contributed by atoms with Crippen LogP contribution in [0.3, 0.4) is 0 Å². The molecule has 0 rings (SSSR count). The Hall–Kier alpha value is -3.34. The van der Waals surface area contributed by atoms with E-state index in [0.29, 0.717) is 19.3 Å². The molecule has 0 aromatic carbocycles. The Bertz CT molecular complexity index is 1500. The Labute approximate surface area is 426 Å². The van der Waals surface area contributed by atoms with Gasteiger partial charge in [0.25, 0.3) is 0 Å². The van der Waals surface area contributed by atoms with Crippen molar-refractivity contribution in [3.63, 3.8) is 0 Å². The van der Waals surface area contributed by atoms with Gasteiger partial charge in [0, 0.05) is 19.3 Å². The molecular weight excluding hydrogens is 904 g/mol. The third kappa shape index (κ3) is 49.6. The number of aliphatic hydroxyl groups excluding tert-OH is 1. The summed E-state index contributed by atoms with van der Waals surface area (Å²) in [5.74, 6) is -1.51. The van der Waals surface area contributed by atoms with E-state index in [-0.39, 0.29) is 25.9 Å². The molecule has 11 nitrogen and oxygen atoms in total. The lowest BCUT2D eigenvalue weighted by atomic mass is 10.1. The van der Waals surface area contributed by atoms with E-state index in [1.54, 1.807) is 0 Å². The number of carbonyl (C=O) groups excluding carboxylic acids is 3. The lowest BCUT2D eigenvalue weighted by molar-refractivity contribution is -0.161. The maximum atomic E-state index is 12.9. The van der Waals surface area contributed by atoms with E-state index in [1.165, 1.54) is 19.3 Å². The molecule has 3 atom stereocenters. The zero-order chi connectivity index (χ0) is 51.3. The maximum absolute atomic E-state index is 12.9. The number of allylic oxidation sites excluding steroid dienone is 14. The maximum Gasteiger partial charge on any atom is 0.472 e. The number of carbonyl (C=O) groups is 3. The van der Waals surface area contributed by atoms with Crippen molar-refractivity contribution >= 4 is 25.7 Å². The second-order valence-corrected chi connectivity index (χ2v) is 19.4. The van der Waals surface area contributed by atoms with Gasteiger partial charge in [0.15, 0.2) is 6.10 Å². The number of rotatable bonds is 50. The summed E-state index contributed by atoms with van der Waals surface area (Å²) < 4.78 is 39.4. The number of hydrogen-bond donors (Lipinski definition) is 2. The van der Waals surface area contributed by atoms with Crippen molar-refractivity contribution in [2.45, 2.75) is 238 Å². The molecule has 0 bridgehead atoms. The van der Waals surface area contributed by atoms with Gasteiger partial charge in [0.2, 0.25) is 0 Å². The van der Waals surface area contributed by atoms with Crippen LogP contribution >= 0.6 is 7.82 Å². The molecule has 3 unspecified atom stereocenters. The molecule has 0 radical (unpaired) electrons. The van der Waals surface area contributed by atoms with Gasteiger partial charge in [-0.2, -0.15) is 0 Å². The fraction of sp³-hybridized carbons (Fsp3) is 0.707. The third-order valence-electron chi connectivity index (χ3n) is 11.3. The molecule has 0 aliphatic heterocycles. The van der Waals surface area contributed by atoms with E-state index >= 15 is 0 Å². The molecule has 0 amide bonds. The molecule has 0 aliphatic rings. The van der Waals surface area contributed by atoms with Crippen LogP contribution in [-0.4, -0.2) is 66.5 Å². The SMILES string of the molecule is CC/C=C\C/C=C\C/C=C\CCCCCCCCCC(=O)OC(COC(=O)CCCCCCC/C=C\CCCC)COP(=O)(O)OCC(CO)OC(=O)CCCCCCC/C=C\C/C=C\C/C=C\CC. The van der Waals surface area contributed by atoms with E-state index in [4.69, 9.17) is 23.3 Å². The summed E-state index contributed by atoms with van der Waals surface area (Å²) in [6.45, 7) is 4.33. The summed E-state index contributed by atoms with van der Waals surface area (Å²) in [6, 6.07) is 0. The molecular formula is C58H99O11P. The standard InChI is InChI=1S/C58H99O11P/c1-4-7-10-13-16-19-22-24-26-27-29-31-34-37-40-43-46-49-58(62)69-55(51-65-56(60)47-44-41-38-35-32-21-18-15-12-9-6-3)53-67-70(63,64)66-52-54(50-59)68-57(61)48-45-42-39-36-33-30-28-25-23-20-17-14-11-8-5-2/h7-8,10-11,15-20,24-26,28,54-55,59H,4-6,9,12-14,21-23,27,29-53H2,1-3H3,(H,63,64)/b10-7-,11-8-,18-15-,19-16-,20-17-,26-24-,28-25-. The molecule has 0 fully saturated rings. The molecule has 0 aliphatic carbocycles. The van der Waals surface area contributed by atoms with E-state index in [0.717, 1.165) is 148 Å². The highest BCUT2D eigenvalue weighted by atomic mass is 31.2. The van der Waals surface area contributed by atoms with Gasteiger partial charge < -0.3 is 24.2 Å². The van der Waals surface area contributed by atoms with E-state index in [9.17, 15) is 28.9 Å².